The van der Waals surface area contributed by atoms with Crippen LogP contribution in [-0.4, -0.2) is 22.8 Å². The van der Waals surface area contributed by atoms with Gasteiger partial charge in [0.2, 0.25) is 5.91 Å². The van der Waals surface area contributed by atoms with Crippen LogP contribution in [0.4, 0.5) is 10.1 Å². The molecule has 3 aromatic carbocycles. The molecule has 5 rings (SSSR count). The first-order valence-electron chi connectivity index (χ1n) is 10.3. The number of nitrogens with one attached hydrogen (secondary N) is 1. The number of thiazole rings is 1. The van der Waals surface area contributed by atoms with E-state index in [0.717, 1.165) is 26.4 Å². The molecular formula is C25H20FN3O2S. The maximum atomic E-state index is 13.1. The van der Waals surface area contributed by atoms with Crippen molar-refractivity contribution in [3.63, 3.8) is 0 Å². The second-order valence-corrected chi connectivity index (χ2v) is 8.90. The van der Waals surface area contributed by atoms with Crippen LogP contribution in [0, 0.1) is 12.7 Å². The number of hydrogen-bond acceptors (Lipinski definition) is 5. The Balaban J connectivity index is 1.31. The van der Waals surface area contributed by atoms with E-state index < -0.39 is 6.04 Å². The van der Waals surface area contributed by atoms with E-state index in [2.05, 4.69) is 23.3 Å². The van der Waals surface area contributed by atoms with Crippen molar-refractivity contribution in [3.05, 3.63) is 83.7 Å². The molecule has 1 aliphatic heterocycles. The number of aryl methyl sites for hydroxylation is 1. The summed E-state index contributed by atoms with van der Waals surface area (Å²) in [6.45, 7) is 2.44. The molecule has 1 saturated heterocycles. The number of carbonyl (C=O) groups excluding carboxylic acids is 2. The van der Waals surface area contributed by atoms with Crippen LogP contribution >= 0.6 is 11.3 Å². The predicted octanol–water partition coefficient (Wildman–Crippen LogP) is 4.83. The number of rotatable bonds is 5. The molecule has 1 aromatic heterocycles. The van der Waals surface area contributed by atoms with E-state index in [1.807, 2.05) is 24.3 Å². The van der Waals surface area contributed by atoms with Crippen molar-refractivity contribution < 1.29 is 14.0 Å². The Morgan fingerprint density at radius 1 is 1.06 bits per heavy atom. The lowest BCUT2D eigenvalue weighted by Gasteiger charge is -2.16. The Morgan fingerprint density at radius 2 is 1.81 bits per heavy atom. The quantitative estimate of drug-likeness (QED) is 0.447. The van der Waals surface area contributed by atoms with Gasteiger partial charge in [0.15, 0.2) is 0 Å². The summed E-state index contributed by atoms with van der Waals surface area (Å²) < 4.78 is 14.2. The van der Waals surface area contributed by atoms with Gasteiger partial charge in [0, 0.05) is 12.1 Å². The maximum Gasteiger partial charge on any atom is 0.251 e. The van der Waals surface area contributed by atoms with E-state index in [1.54, 1.807) is 35.6 Å². The van der Waals surface area contributed by atoms with Crippen molar-refractivity contribution in [2.75, 3.05) is 4.90 Å². The second-order valence-electron chi connectivity index (χ2n) is 7.87. The summed E-state index contributed by atoms with van der Waals surface area (Å²) >= 11 is 1.62. The molecule has 0 radical (unpaired) electrons. The molecule has 32 heavy (non-hydrogen) atoms. The van der Waals surface area contributed by atoms with Gasteiger partial charge in [0.25, 0.3) is 5.91 Å². The van der Waals surface area contributed by atoms with Crippen LogP contribution in [0.2, 0.25) is 0 Å². The number of carbonyl (C=O) groups is 2. The number of imide groups is 1. The molecule has 0 spiro atoms. The number of aromatic nitrogens is 1. The van der Waals surface area contributed by atoms with Crippen LogP contribution in [0.3, 0.4) is 0 Å². The average Bonchev–Trinajstić information content (AvgIpc) is 3.33. The fraction of sp³-hybridized carbons (Fsp3) is 0.160. The Morgan fingerprint density at radius 3 is 2.56 bits per heavy atom. The predicted molar refractivity (Wildman–Crippen MR) is 124 cm³/mol. The minimum Gasteiger partial charge on any atom is -0.301 e. The molecule has 0 aliphatic carbocycles. The van der Waals surface area contributed by atoms with Crippen molar-refractivity contribution in [3.8, 4) is 10.6 Å². The van der Waals surface area contributed by atoms with Crippen LogP contribution < -0.4 is 10.2 Å². The maximum absolute atomic E-state index is 13.1. The second kappa shape index (κ2) is 8.26. The molecule has 1 fully saturated rings. The van der Waals surface area contributed by atoms with Crippen molar-refractivity contribution in [2.45, 2.75) is 25.9 Å². The van der Waals surface area contributed by atoms with Crippen molar-refractivity contribution in [1.29, 1.82) is 0 Å². The Labute approximate surface area is 188 Å². The number of hydrogen-bond donors (Lipinski definition) is 1. The number of benzene rings is 3. The molecule has 4 aromatic rings. The summed E-state index contributed by atoms with van der Waals surface area (Å²) in [5.74, 6) is -0.827. The largest absolute Gasteiger partial charge is 0.301 e. The molecule has 1 atom stereocenters. The molecule has 0 saturated carbocycles. The first kappa shape index (κ1) is 20.5. The molecule has 1 aliphatic rings. The minimum atomic E-state index is -0.597. The van der Waals surface area contributed by atoms with Gasteiger partial charge < -0.3 is 5.32 Å². The zero-order chi connectivity index (χ0) is 22.2. The lowest BCUT2D eigenvalue weighted by Crippen LogP contribution is -2.38. The average molecular weight is 446 g/mol. The standard InChI is InChI=1S/C25H20FN3O2S/c1-15-2-11-20-22(12-15)32-24(28-20)17-5-9-19(10-6-17)29-23(30)13-21(25(29)31)27-14-16-3-7-18(26)8-4-16/h2-12,21,27H,13-14H2,1H3/t21-/m0/s1. The number of nitrogens with zero attached hydrogens (tertiary/aromatic N) is 2. The van der Waals surface area contributed by atoms with Gasteiger partial charge in [-0.1, -0.05) is 18.2 Å². The van der Waals surface area contributed by atoms with E-state index in [1.165, 1.54) is 22.6 Å². The van der Waals surface area contributed by atoms with Crippen molar-refractivity contribution in [1.82, 2.24) is 10.3 Å². The fourth-order valence-corrected chi connectivity index (χ4v) is 4.88. The molecule has 160 valence electrons. The topological polar surface area (TPSA) is 62.3 Å². The number of fused-ring (bicyclic) bond motifs is 1. The van der Waals surface area contributed by atoms with E-state index in [9.17, 15) is 14.0 Å². The van der Waals surface area contributed by atoms with Crippen LogP contribution in [0.5, 0.6) is 0 Å². The van der Waals surface area contributed by atoms with Gasteiger partial charge in [-0.25, -0.2) is 14.3 Å². The summed E-state index contributed by atoms with van der Waals surface area (Å²) in [7, 11) is 0. The van der Waals surface area contributed by atoms with Gasteiger partial charge in [0.1, 0.15) is 10.8 Å². The van der Waals surface area contributed by atoms with Gasteiger partial charge >= 0.3 is 0 Å². The fourth-order valence-electron chi connectivity index (χ4n) is 3.81. The minimum absolute atomic E-state index is 0.0962. The summed E-state index contributed by atoms with van der Waals surface area (Å²) in [6.07, 6.45) is 0.0962. The molecule has 0 bridgehead atoms. The van der Waals surface area contributed by atoms with Gasteiger partial charge in [-0.05, 0) is 66.6 Å². The van der Waals surface area contributed by atoms with Crippen LogP contribution in [0.1, 0.15) is 17.5 Å². The van der Waals surface area contributed by atoms with Gasteiger partial charge in [0.05, 0.1) is 28.4 Å². The number of halogens is 1. The zero-order valence-corrected chi connectivity index (χ0v) is 18.2. The highest BCUT2D eigenvalue weighted by Gasteiger charge is 2.39. The number of amides is 2. The normalized spacial score (nSPS) is 16.3. The third-order valence-corrected chi connectivity index (χ3v) is 6.60. The first-order chi connectivity index (χ1) is 15.5. The Kier molecular flexibility index (Phi) is 5.28. The van der Waals surface area contributed by atoms with Crippen LogP contribution in [0.15, 0.2) is 66.7 Å². The van der Waals surface area contributed by atoms with E-state index >= 15 is 0 Å². The van der Waals surface area contributed by atoms with Crippen LogP contribution in [-0.2, 0) is 16.1 Å². The molecule has 5 nitrogen and oxygen atoms in total. The third-order valence-electron chi connectivity index (χ3n) is 5.53. The Hall–Kier alpha value is -3.42. The van der Waals surface area contributed by atoms with E-state index in [4.69, 9.17) is 0 Å². The molecule has 2 amide bonds. The number of anilines is 1. The van der Waals surface area contributed by atoms with Crippen molar-refractivity contribution in [2.24, 2.45) is 0 Å². The lowest BCUT2D eigenvalue weighted by atomic mass is 10.2. The zero-order valence-electron chi connectivity index (χ0n) is 17.3. The summed E-state index contributed by atoms with van der Waals surface area (Å²) in [5.41, 5.74) is 4.49. The molecule has 0 unspecified atom stereocenters. The van der Waals surface area contributed by atoms with Crippen molar-refractivity contribution >= 4 is 39.1 Å². The molecule has 1 N–H and O–H groups in total. The summed E-state index contributed by atoms with van der Waals surface area (Å²) in [5, 5.41) is 4.01. The summed E-state index contributed by atoms with van der Waals surface area (Å²) in [4.78, 5) is 31.3. The smallest absolute Gasteiger partial charge is 0.251 e. The SMILES string of the molecule is Cc1ccc2nc(-c3ccc(N4C(=O)C[C@H](NCc5ccc(F)cc5)C4=O)cc3)sc2c1. The van der Waals surface area contributed by atoms with Gasteiger partial charge in [-0.3, -0.25) is 9.59 Å². The first-order valence-corrected chi connectivity index (χ1v) is 11.1. The summed E-state index contributed by atoms with van der Waals surface area (Å²) in [6, 6.07) is 19.0. The molecular weight excluding hydrogens is 425 g/mol. The lowest BCUT2D eigenvalue weighted by molar-refractivity contribution is -0.121. The molecule has 7 heteroatoms. The van der Waals surface area contributed by atoms with E-state index in [0.29, 0.717) is 12.2 Å². The monoisotopic (exact) mass is 445 g/mol. The highest BCUT2D eigenvalue weighted by Crippen LogP contribution is 2.32. The Bertz CT molecular complexity index is 1320. The van der Waals surface area contributed by atoms with Crippen LogP contribution in [0.25, 0.3) is 20.8 Å². The van der Waals surface area contributed by atoms with Gasteiger partial charge in [-0.15, -0.1) is 11.3 Å². The highest BCUT2D eigenvalue weighted by atomic mass is 32.1. The molecule has 2 heterocycles. The van der Waals surface area contributed by atoms with E-state index in [-0.39, 0.29) is 24.1 Å². The third kappa shape index (κ3) is 3.92. The highest BCUT2D eigenvalue weighted by molar-refractivity contribution is 7.21. The van der Waals surface area contributed by atoms with Gasteiger partial charge in [-0.2, -0.15) is 0 Å².